The Bertz CT molecular complexity index is 476. The molecule has 1 N–H and O–H groups in total. The highest BCUT2D eigenvalue weighted by atomic mass is 19.3. The molecule has 1 unspecified atom stereocenters. The van der Waals surface area contributed by atoms with Crippen LogP contribution in [0.3, 0.4) is 0 Å². The first-order valence-corrected chi connectivity index (χ1v) is 7.12. The molecule has 0 spiro atoms. The molecule has 116 valence electrons. The Morgan fingerprint density at radius 3 is 2.76 bits per heavy atom. The molecule has 1 aromatic rings. The molecule has 1 aromatic carbocycles. The van der Waals surface area contributed by atoms with E-state index in [4.69, 9.17) is 0 Å². The van der Waals surface area contributed by atoms with Crippen molar-refractivity contribution in [3.8, 4) is 5.75 Å². The maximum absolute atomic E-state index is 12.2. The van der Waals surface area contributed by atoms with Gasteiger partial charge in [0.2, 0.25) is 5.91 Å². The van der Waals surface area contributed by atoms with E-state index in [-0.39, 0.29) is 24.2 Å². The minimum Gasteiger partial charge on any atom is -0.435 e. The van der Waals surface area contributed by atoms with Crippen LogP contribution >= 0.6 is 0 Å². The summed E-state index contributed by atoms with van der Waals surface area (Å²) in [5.74, 6) is 0.210. The number of benzene rings is 1. The molecule has 1 saturated heterocycles. The smallest absolute Gasteiger partial charge is 0.387 e. The maximum Gasteiger partial charge on any atom is 0.387 e. The zero-order valence-corrected chi connectivity index (χ0v) is 12.0. The molecule has 1 amide bonds. The van der Waals surface area contributed by atoms with Gasteiger partial charge in [-0.15, -0.1) is 0 Å². The van der Waals surface area contributed by atoms with E-state index >= 15 is 0 Å². The van der Waals surface area contributed by atoms with Crippen molar-refractivity contribution in [1.82, 2.24) is 10.2 Å². The molecular weight excluding hydrogens is 278 g/mol. The van der Waals surface area contributed by atoms with Crippen molar-refractivity contribution in [2.45, 2.75) is 32.4 Å². The molecule has 0 saturated carbocycles. The van der Waals surface area contributed by atoms with Gasteiger partial charge < -0.3 is 15.0 Å². The first kappa shape index (κ1) is 15.7. The molecule has 1 aliphatic rings. The normalized spacial score (nSPS) is 16.3. The number of hydrogen-bond donors (Lipinski definition) is 1. The second kappa shape index (κ2) is 7.36. The highest BCUT2D eigenvalue weighted by Crippen LogP contribution is 2.20. The van der Waals surface area contributed by atoms with E-state index < -0.39 is 6.61 Å². The molecular formula is C15H20F2N2O2. The molecule has 1 atom stereocenters. The van der Waals surface area contributed by atoms with Crippen molar-refractivity contribution >= 4 is 5.91 Å². The number of rotatable bonds is 6. The summed E-state index contributed by atoms with van der Waals surface area (Å²) in [7, 11) is 0. The highest BCUT2D eigenvalue weighted by molar-refractivity contribution is 5.78. The van der Waals surface area contributed by atoms with Gasteiger partial charge in [0, 0.05) is 19.1 Å². The molecule has 6 heteroatoms. The zero-order chi connectivity index (χ0) is 15.2. The van der Waals surface area contributed by atoms with E-state index in [0.29, 0.717) is 0 Å². The standard InChI is InChI=1S/C15H20F2N2O2/c1-11(18-10-14(20)19-7-2-3-8-19)12-5-4-6-13(9-12)21-15(16)17/h4-6,9,11,15,18H,2-3,7-8,10H2,1H3. The van der Waals surface area contributed by atoms with Crippen LogP contribution in [-0.2, 0) is 4.79 Å². The van der Waals surface area contributed by atoms with Crippen molar-refractivity contribution < 1.29 is 18.3 Å². The van der Waals surface area contributed by atoms with Gasteiger partial charge in [-0.05, 0) is 37.5 Å². The van der Waals surface area contributed by atoms with Crippen LogP contribution in [0.5, 0.6) is 5.75 Å². The largest absolute Gasteiger partial charge is 0.435 e. The van der Waals surface area contributed by atoms with Crippen LogP contribution in [0.4, 0.5) is 8.78 Å². The van der Waals surface area contributed by atoms with Gasteiger partial charge in [0.05, 0.1) is 6.54 Å². The van der Waals surface area contributed by atoms with Crippen LogP contribution < -0.4 is 10.1 Å². The number of carbonyl (C=O) groups is 1. The van der Waals surface area contributed by atoms with Crippen LogP contribution in [-0.4, -0.2) is 37.1 Å². The number of hydrogen-bond acceptors (Lipinski definition) is 3. The van der Waals surface area contributed by atoms with Crippen molar-refractivity contribution in [3.05, 3.63) is 29.8 Å². The third kappa shape index (κ3) is 4.67. The van der Waals surface area contributed by atoms with Crippen molar-refractivity contribution in [2.75, 3.05) is 19.6 Å². The Kier molecular flexibility index (Phi) is 5.50. The van der Waals surface area contributed by atoms with E-state index in [1.54, 1.807) is 12.1 Å². The summed E-state index contributed by atoms with van der Waals surface area (Å²) in [6.45, 7) is 0.958. The van der Waals surface area contributed by atoms with Gasteiger partial charge >= 0.3 is 6.61 Å². The molecule has 1 heterocycles. The summed E-state index contributed by atoms with van der Waals surface area (Å²) in [5.41, 5.74) is 0.808. The van der Waals surface area contributed by atoms with E-state index in [0.717, 1.165) is 31.5 Å². The predicted molar refractivity (Wildman–Crippen MR) is 75.3 cm³/mol. The topological polar surface area (TPSA) is 41.6 Å². The fourth-order valence-corrected chi connectivity index (χ4v) is 2.40. The van der Waals surface area contributed by atoms with Crippen LogP contribution in [0, 0.1) is 0 Å². The Labute approximate surface area is 123 Å². The fourth-order valence-electron chi connectivity index (χ4n) is 2.40. The number of alkyl halides is 2. The summed E-state index contributed by atoms with van der Waals surface area (Å²) in [5, 5.41) is 3.12. The maximum atomic E-state index is 12.2. The third-order valence-electron chi connectivity index (χ3n) is 3.60. The zero-order valence-electron chi connectivity index (χ0n) is 12.0. The highest BCUT2D eigenvalue weighted by Gasteiger charge is 2.18. The molecule has 1 aliphatic heterocycles. The van der Waals surface area contributed by atoms with Crippen LogP contribution in [0.15, 0.2) is 24.3 Å². The lowest BCUT2D eigenvalue weighted by Gasteiger charge is -2.19. The molecule has 4 nitrogen and oxygen atoms in total. The predicted octanol–water partition coefficient (Wildman–Crippen LogP) is 2.56. The summed E-state index contributed by atoms with van der Waals surface area (Å²) in [6.07, 6.45) is 2.13. The first-order chi connectivity index (χ1) is 10.1. The van der Waals surface area contributed by atoms with E-state index in [1.807, 2.05) is 17.9 Å². The number of ether oxygens (including phenoxy) is 1. The molecule has 1 fully saturated rings. The quantitative estimate of drug-likeness (QED) is 0.877. The fraction of sp³-hybridized carbons (Fsp3) is 0.533. The van der Waals surface area contributed by atoms with Crippen molar-refractivity contribution in [2.24, 2.45) is 0 Å². The van der Waals surface area contributed by atoms with Gasteiger partial charge in [0.25, 0.3) is 0 Å². The lowest BCUT2D eigenvalue weighted by Crippen LogP contribution is -2.37. The second-order valence-corrected chi connectivity index (χ2v) is 5.14. The Balaban J connectivity index is 1.87. The Morgan fingerprint density at radius 2 is 2.10 bits per heavy atom. The van der Waals surface area contributed by atoms with Crippen LogP contribution in [0.1, 0.15) is 31.4 Å². The minimum absolute atomic E-state index is 0.0827. The number of nitrogens with zero attached hydrogens (tertiary/aromatic N) is 1. The van der Waals surface area contributed by atoms with Gasteiger partial charge in [-0.25, -0.2) is 0 Å². The number of amides is 1. The average molecular weight is 298 g/mol. The molecule has 0 aromatic heterocycles. The number of carbonyl (C=O) groups excluding carboxylic acids is 1. The lowest BCUT2D eigenvalue weighted by molar-refractivity contribution is -0.129. The van der Waals surface area contributed by atoms with Crippen molar-refractivity contribution in [3.63, 3.8) is 0 Å². The summed E-state index contributed by atoms with van der Waals surface area (Å²) < 4.78 is 28.8. The van der Waals surface area contributed by atoms with Gasteiger partial charge in [-0.1, -0.05) is 12.1 Å². The molecule has 2 rings (SSSR count). The van der Waals surface area contributed by atoms with Crippen molar-refractivity contribution in [1.29, 1.82) is 0 Å². The SMILES string of the molecule is CC(NCC(=O)N1CCCC1)c1cccc(OC(F)F)c1. The molecule has 0 bridgehead atoms. The molecule has 0 aliphatic carbocycles. The van der Waals surface area contributed by atoms with E-state index in [2.05, 4.69) is 10.1 Å². The molecule has 0 radical (unpaired) electrons. The van der Waals surface area contributed by atoms with E-state index in [1.165, 1.54) is 6.07 Å². The monoisotopic (exact) mass is 298 g/mol. The summed E-state index contributed by atoms with van der Waals surface area (Å²) in [4.78, 5) is 13.8. The third-order valence-corrected chi connectivity index (χ3v) is 3.60. The summed E-state index contributed by atoms with van der Waals surface area (Å²) in [6, 6.07) is 6.41. The Hall–Kier alpha value is -1.69. The lowest BCUT2D eigenvalue weighted by atomic mass is 10.1. The molecule has 21 heavy (non-hydrogen) atoms. The average Bonchev–Trinajstić information content (AvgIpc) is 2.98. The number of likely N-dealkylation sites (tertiary alicyclic amines) is 1. The number of nitrogens with one attached hydrogen (secondary N) is 1. The van der Waals surface area contributed by atoms with Crippen LogP contribution in [0.2, 0.25) is 0 Å². The van der Waals surface area contributed by atoms with E-state index in [9.17, 15) is 13.6 Å². The minimum atomic E-state index is -2.83. The van der Waals surface area contributed by atoms with Gasteiger partial charge in [-0.2, -0.15) is 8.78 Å². The number of halogens is 2. The van der Waals surface area contributed by atoms with Crippen LogP contribution in [0.25, 0.3) is 0 Å². The van der Waals surface area contributed by atoms with Gasteiger partial charge in [0.1, 0.15) is 5.75 Å². The van der Waals surface area contributed by atoms with Gasteiger partial charge in [0.15, 0.2) is 0 Å². The van der Waals surface area contributed by atoms with Gasteiger partial charge in [-0.3, -0.25) is 4.79 Å². The first-order valence-electron chi connectivity index (χ1n) is 7.12. The Morgan fingerprint density at radius 1 is 1.38 bits per heavy atom. The second-order valence-electron chi connectivity index (χ2n) is 5.14. The summed E-state index contributed by atoms with van der Waals surface area (Å²) >= 11 is 0.